The zero-order valence-electron chi connectivity index (χ0n) is 58.9. The molecule has 0 saturated heterocycles. The molecule has 496 valence electrons. The molecule has 1 aromatic heterocycles. The van der Waals surface area contributed by atoms with Crippen LogP contribution in [0.4, 0.5) is 34.1 Å². The summed E-state index contributed by atoms with van der Waals surface area (Å²) in [7, 11) is 0. The Balaban J connectivity index is 0.645. The largest absolute Gasteiger partial charge is 0.456 e. The van der Waals surface area contributed by atoms with Crippen LogP contribution in [-0.2, 0) is 10.8 Å². The highest BCUT2D eigenvalue weighted by Crippen LogP contribution is 2.55. The predicted molar refractivity (Wildman–Crippen MR) is 438 cm³/mol. The molecule has 0 N–H and O–H groups in total. The Morgan fingerprint density at radius 3 is 1.19 bits per heavy atom. The van der Waals surface area contributed by atoms with Gasteiger partial charge in [-0.15, -0.1) is 6.58 Å². The quantitative estimate of drug-likeness (QED) is 0.101. The van der Waals surface area contributed by atoms with Crippen molar-refractivity contribution >= 4 is 67.7 Å². The van der Waals surface area contributed by atoms with Crippen LogP contribution < -0.4 is 9.80 Å². The molecule has 3 heteroatoms. The van der Waals surface area contributed by atoms with Gasteiger partial charge in [0, 0.05) is 61.6 Å². The summed E-state index contributed by atoms with van der Waals surface area (Å²) in [5, 5.41) is 2.18. The molecule has 104 heavy (non-hydrogen) atoms. The van der Waals surface area contributed by atoms with Crippen molar-refractivity contribution in [2.75, 3.05) is 9.80 Å². The lowest BCUT2D eigenvalue weighted by molar-refractivity contribution is 0.660. The summed E-state index contributed by atoms with van der Waals surface area (Å²) in [6.45, 7) is 17.4. The molecule has 1 heterocycles. The Bertz CT molecular complexity index is 6020. The molecule has 0 bridgehead atoms. The maximum absolute atomic E-state index is 6.65. The Morgan fingerprint density at radius 1 is 0.346 bits per heavy atom. The van der Waals surface area contributed by atoms with E-state index >= 15 is 0 Å². The Morgan fingerprint density at radius 2 is 0.731 bits per heavy atom. The standard InChI is InChI=1S/C101H76N2O/c1-7-64-22-26-66(27-23-64)68-30-42-77(43-31-68)102(81-50-54-85-83-18-12-14-20-93(83)100(3,4)95(85)62-81)79-46-34-70(35-47-79)73-38-52-87-89(58-73)90-59-75(39-53-88(90)99(87)72-16-10-9-11-17-72)76-41-57-98-92(61-76)91-60-74(40-56-97(91)104-98)71-36-48-80(49-37-71)103(78-44-32-69(33-45-78)67-28-24-65(8-2)25-29-67)82-51-55-86-84-19-13-15-21-94(84)101(5,6)96(86)63-82/h7-22,24-64,99H,1-2,23H2,3-6H3. The monoisotopic (exact) mass is 1330 g/mol. The third-order valence-corrected chi connectivity index (χ3v) is 23.0. The van der Waals surface area contributed by atoms with Gasteiger partial charge in [0.1, 0.15) is 11.2 Å². The van der Waals surface area contributed by atoms with Crippen LogP contribution in [-0.4, -0.2) is 0 Å². The van der Waals surface area contributed by atoms with Crippen LogP contribution in [0.5, 0.6) is 0 Å². The number of hydrogen-bond donors (Lipinski definition) is 0. The summed E-state index contributed by atoms with van der Waals surface area (Å²) >= 11 is 0. The van der Waals surface area contributed by atoms with Gasteiger partial charge in [-0.1, -0.05) is 265 Å². The predicted octanol–water partition coefficient (Wildman–Crippen LogP) is 27.8. The van der Waals surface area contributed by atoms with Gasteiger partial charge in [-0.2, -0.15) is 0 Å². The van der Waals surface area contributed by atoms with E-state index in [0.29, 0.717) is 5.92 Å². The number of rotatable bonds is 14. The van der Waals surface area contributed by atoms with E-state index in [1.165, 1.54) is 111 Å². The van der Waals surface area contributed by atoms with E-state index in [9.17, 15) is 0 Å². The molecule has 0 fully saturated rings. The minimum atomic E-state index is -0.142. The van der Waals surface area contributed by atoms with Crippen LogP contribution in [0.1, 0.15) is 90.1 Å². The first kappa shape index (κ1) is 62.4. The van der Waals surface area contributed by atoms with Crippen LogP contribution >= 0.6 is 0 Å². The molecular weight excluding hydrogens is 1260 g/mol. The number of nitrogens with zero attached hydrogens (tertiary/aromatic N) is 2. The molecule has 14 aromatic carbocycles. The van der Waals surface area contributed by atoms with Gasteiger partial charge in [0.15, 0.2) is 0 Å². The van der Waals surface area contributed by atoms with Crippen molar-refractivity contribution in [3.8, 4) is 77.9 Å². The lowest BCUT2D eigenvalue weighted by Crippen LogP contribution is -2.16. The molecule has 0 radical (unpaired) electrons. The summed E-state index contributed by atoms with van der Waals surface area (Å²) in [5.41, 5.74) is 38.1. The van der Waals surface area contributed by atoms with Gasteiger partial charge in [0.25, 0.3) is 0 Å². The highest BCUT2D eigenvalue weighted by Gasteiger charge is 2.38. The third kappa shape index (κ3) is 10.4. The fraction of sp³-hybridized carbons (Fsp3) is 0.0891. The fourth-order valence-corrected chi connectivity index (χ4v) is 17.4. The van der Waals surface area contributed by atoms with E-state index in [2.05, 4.69) is 378 Å². The first-order chi connectivity index (χ1) is 50.9. The van der Waals surface area contributed by atoms with Gasteiger partial charge in [-0.3, -0.25) is 0 Å². The molecule has 0 aliphatic heterocycles. The number of allylic oxidation sites excluding steroid dienone is 5. The number of fused-ring (bicyclic) bond motifs is 12. The van der Waals surface area contributed by atoms with Crippen LogP contribution in [0, 0.1) is 5.92 Å². The van der Waals surface area contributed by atoms with E-state index in [1.54, 1.807) is 0 Å². The first-order valence-corrected chi connectivity index (χ1v) is 36.5. The van der Waals surface area contributed by atoms with Crippen molar-refractivity contribution in [1.29, 1.82) is 0 Å². The number of furan rings is 1. The molecule has 2 atom stereocenters. The van der Waals surface area contributed by atoms with E-state index in [1.807, 2.05) is 12.2 Å². The normalized spacial score (nSPS) is 15.3. The van der Waals surface area contributed by atoms with Crippen molar-refractivity contribution in [3.05, 3.63) is 397 Å². The van der Waals surface area contributed by atoms with E-state index < -0.39 is 0 Å². The topological polar surface area (TPSA) is 19.6 Å². The lowest BCUT2D eigenvalue weighted by atomic mass is 9.82. The molecule has 2 unspecified atom stereocenters. The molecule has 0 amide bonds. The fourth-order valence-electron chi connectivity index (χ4n) is 17.4. The molecule has 19 rings (SSSR count). The maximum atomic E-state index is 6.65. The number of benzene rings is 14. The third-order valence-electron chi connectivity index (χ3n) is 23.0. The molecular formula is C101H76N2O. The van der Waals surface area contributed by atoms with Crippen molar-refractivity contribution in [1.82, 2.24) is 0 Å². The molecule has 4 aliphatic rings. The first-order valence-electron chi connectivity index (χ1n) is 36.5. The molecule has 15 aromatic rings. The van der Waals surface area contributed by atoms with Crippen LogP contribution in [0.15, 0.2) is 351 Å². The second-order valence-corrected chi connectivity index (χ2v) is 29.6. The van der Waals surface area contributed by atoms with Crippen LogP contribution in [0.2, 0.25) is 0 Å². The molecule has 0 saturated carbocycles. The Kier molecular flexibility index (Phi) is 14.8. The van der Waals surface area contributed by atoms with Gasteiger partial charge < -0.3 is 14.2 Å². The van der Waals surface area contributed by atoms with Gasteiger partial charge in [0.2, 0.25) is 0 Å². The average Bonchev–Trinajstić information content (AvgIpc) is 1.59. The van der Waals surface area contributed by atoms with E-state index in [4.69, 9.17) is 4.42 Å². The highest BCUT2D eigenvalue weighted by atomic mass is 16.3. The number of hydrogen-bond acceptors (Lipinski definition) is 3. The second-order valence-electron chi connectivity index (χ2n) is 29.6. The smallest absolute Gasteiger partial charge is 0.135 e. The molecule has 0 spiro atoms. The summed E-state index contributed by atoms with van der Waals surface area (Å²) < 4.78 is 6.65. The van der Waals surface area contributed by atoms with E-state index in [-0.39, 0.29) is 16.7 Å². The van der Waals surface area contributed by atoms with Crippen molar-refractivity contribution in [3.63, 3.8) is 0 Å². The molecule has 3 nitrogen and oxygen atoms in total. The Labute approximate surface area is 609 Å². The summed E-state index contributed by atoms with van der Waals surface area (Å²) in [6, 6.07) is 115. The maximum Gasteiger partial charge on any atom is 0.135 e. The van der Waals surface area contributed by atoms with Gasteiger partial charge in [-0.25, -0.2) is 0 Å². The minimum absolute atomic E-state index is 0.102. The molecule has 4 aliphatic carbocycles. The summed E-state index contributed by atoms with van der Waals surface area (Å²) in [6.07, 6.45) is 11.7. The van der Waals surface area contributed by atoms with Crippen molar-refractivity contribution in [2.24, 2.45) is 5.92 Å². The minimum Gasteiger partial charge on any atom is -0.456 e. The summed E-state index contributed by atoms with van der Waals surface area (Å²) in [4.78, 5) is 4.82. The van der Waals surface area contributed by atoms with Crippen LogP contribution in [0.25, 0.3) is 111 Å². The van der Waals surface area contributed by atoms with Gasteiger partial charge in [-0.05, 0) is 255 Å². The van der Waals surface area contributed by atoms with Crippen LogP contribution in [0.3, 0.4) is 0 Å². The number of anilines is 6. The summed E-state index contributed by atoms with van der Waals surface area (Å²) in [5.74, 6) is 0.481. The van der Waals surface area contributed by atoms with E-state index in [0.717, 1.165) is 84.7 Å². The Hall–Kier alpha value is -12.6. The highest BCUT2D eigenvalue weighted by molar-refractivity contribution is 6.08. The second kappa shape index (κ2) is 24.6. The van der Waals surface area contributed by atoms with Gasteiger partial charge >= 0.3 is 0 Å². The van der Waals surface area contributed by atoms with Crippen molar-refractivity contribution < 1.29 is 4.42 Å². The van der Waals surface area contributed by atoms with Gasteiger partial charge in [0.05, 0.1) is 0 Å². The zero-order chi connectivity index (χ0) is 70.0. The lowest BCUT2D eigenvalue weighted by Gasteiger charge is -2.28. The zero-order valence-corrected chi connectivity index (χ0v) is 58.9. The average molecular weight is 1330 g/mol. The van der Waals surface area contributed by atoms with Crippen molar-refractivity contribution in [2.45, 2.75) is 50.9 Å². The SMILES string of the molecule is C=Cc1ccc(-c2ccc(N(c3ccc(-c4ccc5oc6ccc(-c7ccc8c(c7)-c7cc(-c9ccc(N(c%10ccc(C%11=CCC(C=C)C=C%11)cc%10)c%10ccc%11c(c%10)C(C)(C)c%10ccccc%10-%11)cc9)ccc7C8c7ccccc7)cc6c5c4)cc3)c3ccc4c(c3)C(C)(C)c3ccccc3-4)cc2)cc1.